The van der Waals surface area contributed by atoms with Crippen molar-refractivity contribution in [3.8, 4) is 17.3 Å². The fourth-order valence-electron chi connectivity index (χ4n) is 4.56. The summed E-state index contributed by atoms with van der Waals surface area (Å²) in [6.07, 6.45) is 3.61. The highest BCUT2D eigenvalue weighted by molar-refractivity contribution is 6.74. The van der Waals surface area contributed by atoms with E-state index < -0.39 is 20.8 Å². The van der Waals surface area contributed by atoms with Gasteiger partial charge in [0.1, 0.15) is 6.07 Å². The van der Waals surface area contributed by atoms with E-state index in [4.69, 9.17) is 9.41 Å². The molecule has 1 atom stereocenters. The summed E-state index contributed by atoms with van der Waals surface area (Å²) in [5.74, 6) is 1.09. The van der Waals surface area contributed by atoms with Gasteiger partial charge in [-0.1, -0.05) is 27.7 Å². The number of rotatable bonds is 8. The van der Waals surface area contributed by atoms with Gasteiger partial charge in [-0.2, -0.15) is 10.4 Å². The summed E-state index contributed by atoms with van der Waals surface area (Å²) in [5.41, 5.74) is 3.35. The van der Waals surface area contributed by atoms with Crippen molar-refractivity contribution in [1.82, 2.24) is 19.7 Å². The number of aromatic nitrogens is 4. The zero-order valence-corrected chi connectivity index (χ0v) is 25.6. The van der Waals surface area contributed by atoms with Crippen LogP contribution in [-0.2, 0) is 9.84 Å². The molecule has 4 rings (SSSR count). The van der Waals surface area contributed by atoms with Crippen LogP contribution in [0.2, 0.25) is 25.0 Å². The lowest BCUT2D eigenvalue weighted by Crippen LogP contribution is -2.47. The third-order valence-electron chi connectivity index (χ3n) is 8.02. The molecule has 11 heteroatoms. The van der Waals surface area contributed by atoms with Crippen LogP contribution in [0.4, 0.5) is 17.5 Å². The molecule has 0 fully saturated rings. The predicted octanol–water partition coefficient (Wildman–Crippen LogP) is 5.75. The first-order valence-electron chi connectivity index (χ1n) is 13.5. The van der Waals surface area contributed by atoms with Gasteiger partial charge in [0.05, 0.1) is 11.3 Å². The molecule has 9 nitrogen and oxygen atoms in total. The van der Waals surface area contributed by atoms with E-state index in [1.54, 1.807) is 13.0 Å². The molecule has 1 aromatic carbocycles. The third-order valence-corrected chi connectivity index (χ3v) is 12.5. The lowest BCUT2D eigenvalue weighted by Gasteiger charge is -2.39. The number of fused-ring (bicyclic) bond motifs is 1. The molecule has 0 unspecified atom stereocenters. The second-order valence-electron chi connectivity index (χ2n) is 12.6. The van der Waals surface area contributed by atoms with Crippen molar-refractivity contribution in [3.63, 3.8) is 0 Å². The van der Waals surface area contributed by atoms with Gasteiger partial charge in [0.15, 0.2) is 14.1 Å². The molecule has 1 aliphatic heterocycles. The van der Waals surface area contributed by atoms with Gasteiger partial charge in [0.2, 0.25) is 5.95 Å². The molecule has 2 N–H and O–H groups in total. The highest BCUT2D eigenvalue weighted by Crippen LogP contribution is 2.47. The standard InChI is InChI=1S/C28H40BN7O2Si/c1-19(2)36-13-11-24(34-36)33-26-31-12-10-23(32-26)20-14-21(16-30)25-22(15-20)28(6,17-35(25)29(7)37)18-38-39(8,9)27(3,4)5/h10-15,19,37H,17-18H2,1-9H3,(H,31,32,33,34)/t28-/m1/s1. The van der Waals surface area contributed by atoms with Crippen LogP contribution in [0.25, 0.3) is 11.3 Å². The minimum atomic E-state index is -2.02. The minimum absolute atomic E-state index is 0.0732. The quantitative estimate of drug-likeness (QED) is 0.345. The second-order valence-corrected chi connectivity index (χ2v) is 17.4. The maximum Gasteiger partial charge on any atom is 0.409 e. The Morgan fingerprint density at radius 1 is 1.28 bits per heavy atom. The number of nitriles is 1. The van der Waals surface area contributed by atoms with Crippen molar-refractivity contribution in [2.24, 2.45) is 0 Å². The molecule has 0 saturated carbocycles. The molecular formula is C28H40BN7O2Si. The number of nitrogens with one attached hydrogen (secondary N) is 1. The molecule has 206 valence electrons. The van der Waals surface area contributed by atoms with Gasteiger partial charge in [0.25, 0.3) is 0 Å². The normalized spacial score (nSPS) is 17.3. The summed E-state index contributed by atoms with van der Waals surface area (Å²) in [7, 11) is -2.76. The average Bonchev–Trinajstić information content (AvgIpc) is 3.45. The summed E-state index contributed by atoms with van der Waals surface area (Å²) in [6, 6.07) is 10.3. The molecule has 3 heterocycles. The van der Waals surface area contributed by atoms with E-state index in [0.29, 0.717) is 36.2 Å². The van der Waals surface area contributed by atoms with Gasteiger partial charge < -0.3 is 19.6 Å². The van der Waals surface area contributed by atoms with Crippen molar-refractivity contribution in [2.45, 2.75) is 78.0 Å². The van der Waals surface area contributed by atoms with E-state index in [0.717, 1.165) is 16.8 Å². The Balaban J connectivity index is 1.73. The first-order chi connectivity index (χ1) is 18.1. The SMILES string of the molecule is CB(O)N1C[C@](C)(CO[Si](C)(C)C(C)(C)C)c2cc(-c3ccnc(Nc4ccn(C(C)C)n4)n3)cc(C#N)c21. The number of hydrogen-bond donors (Lipinski definition) is 2. The van der Waals surface area contributed by atoms with E-state index >= 15 is 0 Å². The second kappa shape index (κ2) is 10.4. The van der Waals surface area contributed by atoms with Gasteiger partial charge in [-0.25, -0.2) is 9.97 Å². The van der Waals surface area contributed by atoms with E-state index in [2.05, 4.69) is 82.2 Å². The van der Waals surface area contributed by atoms with Gasteiger partial charge >= 0.3 is 7.05 Å². The molecule has 1 aliphatic rings. The Morgan fingerprint density at radius 2 is 2.00 bits per heavy atom. The summed E-state index contributed by atoms with van der Waals surface area (Å²) in [4.78, 5) is 11.0. The Morgan fingerprint density at radius 3 is 2.59 bits per heavy atom. The van der Waals surface area contributed by atoms with Crippen LogP contribution in [0.1, 0.15) is 58.7 Å². The number of anilines is 3. The minimum Gasteiger partial charge on any atom is -0.432 e. The third kappa shape index (κ3) is 5.74. The van der Waals surface area contributed by atoms with Crippen molar-refractivity contribution in [3.05, 3.63) is 47.8 Å². The van der Waals surface area contributed by atoms with Gasteiger partial charge in [0, 0.05) is 54.3 Å². The highest BCUT2D eigenvalue weighted by atomic mass is 28.4. The fourth-order valence-corrected chi connectivity index (χ4v) is 5.67. The number of nitrogens with zero attached hydrogens (tertiary/aromatic N) is 6. The molecule has 2 aromatic heterocycles. The van der Waals surface area contributed by atoms with Crippen molar-refractivity contribution in [2.75, 3.05) is 23.3 Å². The molecule has 0 amide bonds. The Bertz CT molecular complexity index is 1390. The first kappa shape index (κ1) is 28.8. The Labute approximate surface area is 233 Å². The van der Waals surface area contributed by atoms with Crippen LogP contribution in [-0.4, -0.2) is 53.3 Å². The van der Waals surface area contributed by atoms with Crippen LogP contribution < -0.4 is 10.1 Å². The fraction of sp³-hybridized carbons (Fsp3) is 0.500. The Hall–Kier alpha value is -3.20. The average molecular weight is 546 g/mol. The zero-order chi connectivity index (χ0) is 28.8. The molecule has 0 bridgehead atoms. The molecule has 39 heavy (non-hydrogen) atoms. The molecule has 0 radical (unpaired) electrons. The molecule has 3 aromatic rings. The van der Waals surface area contributed by atoms with E-state index in [9.17, 15) is 10.3 Å². The van der Waals surface area contributed by atoms with Crippen molar-refractivity contribution < 1.29 is 9.45 Å². The smallest absolute Gasteiger partial charge is 0.409 e. The number of hydrogen-bond acceptors (Lipinski definition) is 8. The summed E-state index contributed by atoms with van der Waals surface area (Å²) >= 11 is 0. The lowest BCUT2D eigenvalue weighted by atomic mass is 9.83. The molecular weight excluding hydrogens is 505 g/mol. The largest absolute Gasteiger partial charge is 0.432 e. The first-order valence-corrected chi connectivity index (χ1v) is 16.4. The van der Waals surface area contributed by atoms with E-state index in [1.165, 1.54) is 0 Å². The van der Waals surface area contributed by atoms with Gasteiger partial charge in [-0.15, -0.1) is 0 Å². The van der Waals surface area contributed by atoms with Crippen molar-refractivity contribution in [1.29, 1.82) is 5.26 Å². The predicted molar refractivity (Wildman–Crippen MR) is 160 cm³/mol. The van der Waals surface area contributed by atoms with Crippen LogP contribution >= 0.6 is 0 Å². The van der Waals surface area contributed by atoms with E-state index in [1.807, 2.05) is 33.9 Å². The summed E-state index contributed by atoms with van der Waals surface area (Å²) < 4.78 is 8.56. The highest BCUT2D eigenvalue weighted by Gasteiger charge is 2.46. The van der Waals surface area contributed by atoms with Crippen LogP contribution in [0.3, 0.4) is 0 Å². The van der Waals surface area contributed by atoms with Crippen molar-refractivity contribution >= 4 is 32.8 Å². The zero-order valence-electron chi connectivity index (χ0n) is 24.6. The lowest BCUT2D eigenvalue weighted by molar-refractivity contribution is 0.218. The van der Waals surface area contributed by atoms with Crippen LogP contribution in [0, 0.1) is 11.3 Å². The number of benzene rings is 1. The summed E-state index contributed by atoms with van der Waals surface area (Å²) in [6.45, 7) is 20.3. The topological polar surface area (TPSA) is 112 Å². The summed E-state index contributed by atoms with van der Waals surface area (Å²) in [5, 5.41) is 28.6. The van der Waals surface area contributed by atoms with Crippen LogP contribution in [0.15, 0.2) is 36.7 Å². The molecule has 0 saturated heterocycles. The van der Waals surface area contributed by atoms with E-state index in [-0.39, 0.29) is 11.1 Å². The van der Waals surface area contributed by atoms with Gasteiger partial charge in [-0.3, -0.25) is 4.68 Å². The molecule has 0 aliphatic carbocycles. The maximum absolute atomic E-state index is 10.7. The molecule has 0 spiro atoms. The van der Waals surface area contributed by atoms with Crippen LogP contribution in [0.5, 0.6) is 0 Å². The maximum atomic E-state index is 10.7. The Kier molecular flexibility index (Phi) is 7.69. The monoisotopic (exact) mass is 545 g/mol. The van der Waals surface area contributed by atoms with Gasteiger partial charge in [-0.05, 0) is 62.6 Å².